The third-order valence-corrected chi connectivity index (χ3v) is 2.68. The van der Waals surface area contributed by atoms with Crippen molar-refractivity contribution >= 4 is 5.97 Å². The van der Waals surface area contributed by atoms with Crippen molar-refractivity contribution in [3.8, 4) is 17.2 Å². The summed E-state index contributed by atoms with van der Waals surface area (Å²) in [5.41, 5.74) is 6.52. The van der Waals surface area contributed by atoms with E-state index in [1.54, 1.807) is 12.1 Å². The van der Waals surface area contributed by atoms with Gasteiger partial charge >= 0.3 is 5.97 Å². The van der Waals surface area contributed by atoms with Crippen molar-refractivity contribution in [2.24, 2.45) is 5.73 Å². The second-order valence-electron chi connectivity index (χ2n) is 3.87. The SMILES string of the molecule is COC(=O)[C@H](N)Cc1cc(OC)c(OC)c(OC)c1. The second kappa shape index (κ2) is 6.84. The van der Waals surface area contributed by atoms with E-state index >= 15 is 0 Å². The molecule has 1 atom stereocenters. The zero-order valence-corrected chi connectivity index (χ0v) is 11.6. The summed E-state index contributed by atoms with van der Waals surface area (Å²) in [6, 6.07) is 2.78. The number of esters is 1. The molecule has 0 heterocycles. The van der Waals surface area contributed by atoms with E-state index in [4.69, 9.17) is 19.9 Å². The number of carbonyl (C=O) groups excluding carboxylic acids is 1. The van der Waals surface area contributed by atoms with Crippen LogP contribution in [0.5, 0.6) is 17.2 Å². The van der Waals surface area contributed by atoms with Crippen LogP contribution in [0.4, 0.5) is 0 Å². The van der Waals surface area contributed by atoms with Gasteiger partial charge in [-0.15, -0.1) is 0 Å². The molecule has 0 aliphatic heterocycles. The molecule has 0 aliphatic rings. The number of methoxy groups -OCH3 is 4. The molecule has 0 fully saturated rings. The second-order valence-corrected chi connectivity index (χ2v) is 3.87. The van der Waals surface area contributed by atoms with Gasteiger partial charge in [-0.25, -0.2) is 0 Å². The molecule has 0 aromatic heterocycles. The molecule has 0 radical (unpaired) electrons. The fraction of sp³-hybridized carbons (Fsp3) is 0.462. The van der Waals surface area contributed by atoms with Crippen LogP contribution in [0.2, 0.25) is 0 Å². The van der Waals surface area contributed by atoms with Crippen molar-refractivity contribution in [1.29, 1.82) is 0 Å². The van der Waals surface area contributed by atoms with Gasteiger partial charge in [0, 0.05) is 0 Å². The van der Waals surface area contributed by atoms with E-state index in [0.29, 0.717) is 23.7 Å². The molecule has 0 aliphatic carbocycles. The highest BCUT2D eigenvalue weighted by atomic mass is 16.5. The number of carbonyl (C=O) groups is 1. The molecule has 0 spiro atoms. The van der Waals surface area contributed by atoms with Crippen molar-refractivity contribution in [3.05, 3.63) is 17.7 Å². The Morgan fingerprint density at radius 1 is 1.11 bits per heavy atom. The van der Waals surface area contributed by atoms with E-state index in [-0.39, 0.29) is 0 Å². The average Bonchev–Trinajstić information content (AvgIpc) is 2.44. The smallest absolute Gasteiger partial charge is 0.322 e. The number of rotatable bonds is 6. The van der Waals surface area contributed by atoms with Crippen LogP contribution in [0, 0.1) is 0 Å². The number of ether oxygens (including phenoxy) is 4. The molecular weight excluding hydrogens is 250 g/mol. The Morgan fingerprint density at radius 2 is 1.63 bits per heavy atom. The molecule has 1 aromatic carbocycles. The quantitative estimate of drug-likeness (QED) is 0.768. The van der Waals surface area contributed by atoms with Gasteiger partial charge in [0.15, 0.2) is 11.5 Å². The molecule has 0 amide bonds. The van der Waals surface area contributed by atoms with E-state index in [0.717, 1.165) is 5.56 Å². The molecule has 6 nitrogen and oxygen atoms in total. The maximum Gasteiger partial charge on any atom is 0.322 e. The summed E-state index contributed by atoms with van der Waals surface area (Å²) >= 11 is 0. The van der Waals surface area contributed by atoms with E-state index in [1.165, 1.54) is 28.4 Å². The third-order valence-electron chi connectivity index (χ3n) is 2.68. The molecule has 6 heteroatoms. The highest BCUT2D eigenvalue weighted by Gasteiger charge is 2.18. The minimum atomic E-state index is -0.729. The van der Waals surface area contributed by atoms with Gasteiger partial charge in [-0.2, -0.15) is 0 Å². The maximum atomic E-state index is 11.3. The van der Waals surface area contributed by atoms with Crippen LogP contribution in [0.15, 0.2) is 12.1 Å². The summed E-state index contributed by atoms with van der Waals surface area (Å²) in [7, 11) is 5.89. The lowest BCUT2D eigenvalue weighted by atomic mass is 10.1. The Labute approximate surface area is 112 Å². The standard InChI is InChI=1S/C13H19NO5/c1-16-10-6-8(5-9(14)13(15)19-4)7-11(17-2)12(10)18-3/h6-7,9H,5,14H2,1-4H3/t9-/m1/s1. The van der Waals surface area contributed by atoms with Gasteiger partial charge in [-0.05, 0) is 24.1 Å². The molecule has 2 N–H and O–H groups in total. The lowest BCUT2D eigenvalue weighted by Crippen LogP contribution is -2.33. The number of benzene rings is 1. The lowest BCUT2D eigenvalue weighted by molar-refractivity contribution is -0.142. The van der Waals surface area contributed by atoms with Crippen LogP contribution in [0.25, 0.3) is 0 Å². The molecule has 1 aromatic rings. The first-order valence-electron chi connectivity index (χ1n) is 5.69. The highest BCUT2D eigenvalue weighted by molar-refractivity contribution is 5.75. The molecule has 1 rings (SSSR count). The largest absolute Gasteiger partial charge is 0.493 e. The van der Waals surface area contributed by atoms with Crippen LogP contribution in [0.1, 0.15) is 5.56 Å². The van der Waals surface area contributed by atoms with Crippen molar-refractivity contribution in [2.75, 3.05) is 28.4 Å². The highest BCUT2D eigenvalue weighted by Crippen LogP contribution is 2.38. The van der Waals surface area contributed by atoms with Crippen molar-refractivity contribution < 1.29 is 23.7 Å². The molecule has 0 saturated heterocycles. The molecule has 19 heavy (non-hydrogen) atoms. The Morgan fingerprint density at radius 3 is 2.00 bits per heavy atom. The van der Waals surface area contributed by atoms with Gasteiger partial charge in [-0.1, -0.05) is 0 Å². The molecule has 0 unspecified atom stereocenters. The summed E-state index contributed by atoms with van der Waals surface area (Å²) in [6.07, 6.45) is 0.323. The van der Waals surface area contributed by atoms with Gasteiger partial charge in [0.05, 0.1) is 28.4 Å². The van der Waals surface area contributed by atoms with Crippen LogP contribution in [-0.4, -0.2) is 40.5 Å². The van der Waals surface area contributed by atoms with E-state index in [1.807, 2.05) is 0 Å². The maximum absolute atomic E-state index is 11.3. The van der Waals surface area contributed by atoms with Crippen LogP contribution >= 0.6 is 0 Å². The van der Waals surface area contributed by atoms with Crippen molar-refractivity contribution in [3.63, 3.8) is 0 Å². The summed E-state index contributed by atoms with van der Waals surface area (Å²) < 4.78 is 20.3. The Balaban J connectivity index is 3.06. The zero-order valence-electron chi connectivity index (χ0n) is 11.6. The van der Waals surface area contributed by atoms with E-state index in [2.05, 4.69) is 4.74 Å². The molecule has 0 bridgehead atoms. The van der Waals surface area contributed by atoms with Crippen LogP contribution in [0.3, 0.4) is 0 Å². The number of hydrogen-bond donors (Lipinski definition) is 1. The van der Waals surface area contributed by atoms with Gasteiger partial charge in [0.1, 0.15) is 6.04 Å². The van der Waals surface area contributed by atoms with Crippen molar-refractivity contribution in [2.45, 2.75) is 12.5 Å². The number of hydrogen-bond acceptors (Lipinski definition) is 6. The topological polar surface area (TPSA) is 80.0 Å². The fourth-order valence-electron chi connectivity index (χ4n) is 1.74. The number of nitrogens with two attached hydrogens (primary N) is 1. The van der Waals surface area contributed by atoms with E-state index < -0.39 is 12.0 Å². The van der Waals surface area contributed by atoms with Crippen LogP contribution < -0.4 is 19.9 Å². The predicted octanol–water partition coefficient (Wildman–Crippen LogP) is 0.755. The van der Waals surface area contributed by atoms with Gasteiger partial charge in [0.2, 0.25) is 5.75 Å². The van der Waals surface area contributed by atoms with Crippen molar-refractivity contribution in [1.82, 2.24) is 0 Å². The average molecular weight is 269 g/mol. The molecular formula is C13H19NO5. The Hall–Kier alpha value is -1.95. The first-order valence-corrected chi connectivity index (χ1v) is 5.69. The first kappa shape index (κ1) is 15.1. The Bertz CT molecular complexity index is 422. The zero-order chi connectivity index (χ0) is 14.4. The Kier molecular flexibility index (Phi) is 5.44. The van der Waals surface area contributed by atoms with E-state index in [9.17, 15) is 4.79 Å². The molecule has 106 valence electrons. The van der Waals surface area contributed by atoms with Gasteiger partial charge in [0.25, 0.3) is 0 Å². The molecule has 0 saturated carbocycles. The normalized spacial score (nSPS) is 11.6. The van der Waals surface area contributed by atoms with Crippen LogP contribution in [-0.2, 0) is 16.0 Å². The minimum Gasteiger partial charge on any atom is -0.493 e. The minimum absolute atomic E-state index is 0.323. The van der Waals surface area contributed by atoms with Gasteiger partial charge in [-0.3, -0.25) is 4.79 Å². The predicted molar refractivity (Wildman–Crippen MR) is 69.8 cm³/mol. The first-order chi connectivity index (χ1) is 9.07. The summed E-state index contributed by atoms with van der Waals surface area (Å²) in [5.74, 6) is 1.08. The fourth-order valence-corrected chi connectivity index (χ4v) is 1.74. The summed E-state index contributed by atoms with van der Waals surface area (Å²) in [6.45, 7) is 0. The third kappa shape index (κ3) is 3.51. The van der Waals surface area contributed by atoms with Gasteiger partial charge < -0.3 is 24.7 Å². The lowest BCUT2D eigenvalue weighted by Gasteiger charge is -2.15. The summed E-state index contributed by atoms with van der Waals surface area (Å²) in [4.78, 5) is 11.3. The monoisotopic (exact) mass is 269 g/mol. The summed E-state index contributed by atoms with van der Waals surface area (Å²) in [5, 5.41) is 0.